The molecule has 0 spiro atoms. The van der Waals surface area contributed by atoms with Crippen molar-refractivity contribution < 1.29 is 9.18 Å². The third-order valence-electron chi connectivity index (χ3n) is 4.16. The van der Waals surface area contributed by atoms with Crippen LogP contribution in [0, 0.1) is 5.82 Å². The maximum atomic E-state index is 12.9. The summed E-state index contributed by atoms with van der Waals surface area (Å²) in [5, 5.41) is 11.0. The number of benzene rings is 2. The van der Waals surface area contributed by atoms with Crippen LogP contribution in [0.15, 0.2) is 60.7 Å². The molecule has 5 nitrogen and oxygen atoms in total. The Bertz CT molecular complexity index is 909. The van der Waals surface area contributed by atoms with Crippen molar-refractivity contribution in [3.8, 4) is 0 Å². The topological polar surface area (TPSA) is 58.1 Å². The van der Waals surface area contributed by atoms with E-state index in [2.05, 4.69) is 32.5 Å². The Hall–Kier alpha value is -3.28. The van der Waals surface area contributed by atoms with Crippen LogP contribution >= 0.6 is 0 Å². The van der Waals surface area contributed by atoms with E-state index in [0.717, 1.165) is 24.5 Å². The van der Waals surface area contributed by atoms with Crippen molar-refractivity contribution in [2.24, 2.45) is 0 Å². The molecule has 3 aromatic rings. The van der Waals surface area contributed by atoms with E-state index in [9.17, 15) is 9.18 Å². The van der Waals surface area contributed by atoms with Gasteiger partial charge in [-0.05, 0) is 54.4 Å². The van der Waals surface area contributed by atoms with Crippen molar-refractivity contribution in [3.05, 3.63) is 77.6 Å². The highest BCUT2D eigenvalue weighted by atomic mass is 19.1. The van der Waals surface area contributed by atoms with Crippen LogP contribution in [0.2, 0.25) is 0 Å². The molecule has 0 bridgehead atoms. The molecule has 6 heteroatoms. The predicted octanol–water partition coefficient (Wildman–Crippen LogP) is 3.56. The smallest absolute Gasteiger partial charge is 0.256 e. The molecule has 0 aliphatic carbocycles. The van der Waals surface area contributed by atoms with E-state index >= 15 is 0 Å². The van der Waals surface area contributed by atoms with E-state index in [0.29, 0.717) is 11.4 Å². The summed E-state index contributed by atoms with van der Waals surface area (Å²) < 4.78 is 12.9. The number of hydrogen-bond acceptors (Lipinski definition) is 4. The number of nitrogens with zero attached hydrogens (tertiary/aromatic N) is 3. The van der Waals surface area contributed by atoms with Crippen molar-refractivity contribution in [2.75, 3.05) is 16.8 Å². The molecule has 0 fully saturated rings. The SMILES string of the molecule is O=C(Nc1ccc(N2CCc3ccccc32)nn1)c1ccc(F)cc1. The van der Waals surface area contributed by atoms with E-state index in [4.69, 9.17) is 0 Å². The van der Waals surface area contributed by atoms with Crippen LogP contribution < -0.4 is 10.2 Å². The molecule has 2 aromatic carbocycles. The first kappa shape index (κ1) is 15.3. The lowest BCUT2D eigenvalue weighted by molar-refractivity contribution is 0.102. The lowest BCUT2D eigenvalue weighted by Gasteiger charge is -2.17. The minimum Gasteiger partial charge on any atom is -0.324 e. The minimum absolute atomic E-state index is 0.352. The number of nitrogens with one attached hydrogen (secondary N) is 1. The average Bonchev–Trinajstić information content (AvgIpc) is 3.07. The quantitative estimate of drug-likeness (QED) is 0.796. The molecule has 0 atom stereocenters. The molecule has 0 saturated carbocycles. The zero-order chi connectivity index (χ0) is 17.2. The van der Waals surface area contributed by atoms with Gasteiger partial charge in [0, 0.05) is 17.8 Å². The van der Waals surface area contributed by atoms with Gasteiger partial charge < -0.3 is 10.2 Å². The lowest BCUT2D eigenvalue weighted by Crippen LogP contribution is -2.17. The van der Waals surface area contributed by atoms with Gasteiger partial charge in [0.2, 0.25) is 0 Å². The van der Waals surface area contributed by atoms with Gasteiger partial charge in [-0.3, -0.25) is 4.79 Å². The Morgan fingerprint density at radius 2 is 1.80 bits per heavy atom. The van der Waals surface area contributed by atoms with Gasteiger partial charge in [-0.1, -0.05) is 18.2 Å². The first-order valence-electron chi connectivity index (χ1n) is 7.97. The van der Waals surface area contributed by atoms with Crippen LogP contribution in [0.3, 0.4) is 0 Å². The summed E-state index contributed by atoms with van der Waals surface area (Å²) in [4.78, 5) is 14.2. The van der Waals surface area contributed by atoms with E-state index in [1.807, 2.05) is 18.2 Å². The normalized spacial score (nSPS) is 12.8. The molecule has 0 radical (unpaired) electrons. The molecule has 0 unspecified atom stereocenters. The number of halogens is 1. The first-order valence-corrected chi connectivity index (χ1v) is 7.97. The number of hydrogen-bond donors (Lipinski definition) is 1. The first-order chi connectivity index (χ1) is 12.2. The van der Waals surface area contributed by atoms with Crippen LogP contribution in [0.4, 0.5) is 21.7 Å². The molecule has 1 aromatic heterocycles. The van der Waals surface area contributed by atoms with E-state index in [1.165, 1.54) is 29.8 Å². The van der Waals surface area contributed by atoms with Gasteiger partial charge in [0.05, 0.1) is 0 Å². The second-order valence-electron chi connectivity index (χ2n) is 5.77. The Kier molecular flexibility index (Phi) is 3.85. The van der Waals surface area contributed by atoms with Crippen molar-refractivity contribution in [2.45, 2.75) is 6.42 Å². The van der Waals surface area contributed by atoms with E-state index in [-0.39, 0.29) is 11.7 Å². The third kappa shape index (κ3) is 3.06. The van der Waals surface area contributed by atoms with Gasteiger partial charge in [0.25, 0.3) is 5.91 Å². The highest BCUT2D eigenvalue weighted by Crippen LogP contribution is 2.32. The molecule has 124 valence electrons. The van der Waals surface area contributed by atoms with E-state index < -0.39 is 0 Å². The summed E-state index contributed by atoms with van der Waals surface area (Å²) in [6.07, 6.45) is 0.973. The van der Waals surface area contributed by atoms with Crippen LogP contribution in [-0.4, -0.2) is 22.6 Å². The monoisotopic (exact) mass is 334 g/mol. The lowest BCUT2D eigenvalue weighted by atomic mass is 10.2. The standard InChI is InChI=1S/C19H15FN4O/c20-15-7-5-14(6-8-15)19(25)21-17-9-10-18(23-22-17)24-12-11-13-3-1-2-4-16(13)24/h1-10H,11-12H2,(H,21,22,25). The maximum Gasteiger partial charge on any atom is 0.256 e. The van der Waals surface area contributed by atoms with Gasteiger partial charge in [-0.25, -0.2) is 4.39 Å². The van der Waals surface area contributed by atoms with Crippen molar-refractivity contribution in [1.82, 2.24) is 10.2 Å². The Balaban J connectivity index is 1.49. The number of para-hydroxylation sites is 1. The summed E-state index contributed by atoms with van der Waals surface area (Å²) in [5.74, 6) is 0.357. The molecule has 0 saturated heterocycles. The molecule has 1 amide bonds. The maximum absolute atomic E-state index is 12.9. The Morgan fingerprint density at radius 1 is 1.00 bits per heavy atom. The third-order valence-corrected chi connectivity index (χ3v) is 4.16. The van der Waals surface area contributed by atoms with Crippen LogP contribution in [-0.2, 0) is 6.42 Å². The molecule has 1 aliphatic heterocycles. The largest absolute Gasteiger partial charge is 0.324 e. The summed E-state index contributed by atoms with van der Waals surface area (Å²) in [7, 11) is 0. The molecule has 1 aliphatic rings. The number of carbonyl (C=O) groups is 1. The minimum atomic E-state index is -0.383. The Labute approximate surface area is 144 Å². The van der Waals surface area contributed by atoms with Crippen LogP contribution in [0.5, 0.6) is 0 Å². The molecule has 25 heavy (non-hydrogen) atoms. The number of amides is 1. The molecular formula is C19H15FN4O. The highest BCUT2D eigenvalue weighted by Gasteiger charge is 2.21. The highest BCUT2D eigenvalue weighted by molar-refractivity contribution is 6.03. The van der Waals surface area contributed by atoms with Gasteiger partial charge in [-0.15, -0.1) is 10.2 Å². The number of fused-ring (bicyclic) bond motifs is 1. The molecular weight excluding hydrogens is 319 g/mol. The molecule has 2 heterocycles. The second-order valence-corrected chi connectivity index (χ2v) is 5.77. The summed E-state index contributed by atoms with van der Waals surface area (Å²) >= 11 is 0. The zero-order valence-electron chi connectivity index (χ0n) is 13.3. The summed E-state index contributed by atoms with van der Waals surface area (Å²) in [6, 6.07) is 17.1. The fourth-order valence-corrected chi connectivity index (χ4v) is 2.90. The van der Waals surface area contributed by atoms with E-state index in [1.54, 1.807) is 6.07 Å². The van der Waals surface area contributed by atoms with Gasteiger partial charge in [-0.2, -0.15) is 0 Å². The fraction of sp³-hybridized carbons (Fsp3) is 0.105. The summed E-state index contributed by atoms with van der Waals surface area (Å²) in [5.41, 5.74) is 2.79. The number of rotatable bonds is 3. The number of aromatic nitrogens is 2. The molecule has 1 N–H and O–H groups in total. The van der Waals surface area contributed by atoms with Crippen molar-refractivity contribution >= 4 is 23.2 Å². The van der Waals surface area contributed by atoms with Crippen molar-refractivity contribution in [1.29, 1.82) is 0 Å². The van der Waals surface area contributed by atoms with Crippen molar-refractivity contribution in [3.63, 3.8) is 0 Å². The number of anilines is 3. The molecule has 4 rings (SSSR count). The summed E-state index contributed by atoms with van der Waals surface area (Å²) in [6.45, 7) is 0.856. The fourth-order valence-electron chi connectivity index (χ4n) is 2.90. The zero-order valence-corrected chi connectivity index (χ0v) is 13.3. The van der Waals surface area contributed by atoms with Gasteiger partial charge in [0.15, 0.2) is 11.6 Å². The van der Waals surface area contributed by atoms with Crippen LogP contribution in [0.25, 0.3) is 0 Å². The van der Waals surface area contributed by atoms with Gasteiger partial charge in [0.1, 0.15) is 5.82 Å². The predicted molar refractivity (Wildman–Crippen MR) is 93.5 cm³/mol. The number of carbonyl (C=O) groups excluding carboxylic acids is 1. The second kappa shape index (κ2) is 6.32. The Morgan fingerprint density at radius 3 is 2.56 bits per heavy atom. The average molecular weight is 334 g/mol. The van der Waals surface area contributed by atoms with Crippen LogP contribution in [0.1, 0.15) is 15.9 Å². The van der Waals surface area contributed by atoms with Gasteiger partial charge >= 0.3 is 0 Å².